The Labute approximate surface area is 178 Å². The van der Waals surface area contributed by atoms with Gasteiger partial charge in [-0.15, -0.1) is 0 Å². The van der Waals surface area contributed by atoms with E-state index in [1.54, 1.807) is 0 Å². The first-order chi connectivity index (χ1) is 14.6. The van der Waals surface area contributed by atoms with Gasteiger partial charge in [-0.2, -0.15) is 0 Å². The number of imide groups is 1. The third-order valence-corrected chi connectivity index (χ3v) is 5.07. The normalized spacial score (nSPS) is 17.4. The van der Waals surface area contributed by atoms with Gasteiger partial charge >= 0.3 is 0 Å². The zero-order chi connectivity index (χ0) is 21.6. The Bertz CT molecular complexity index is 556. The summed E-state index contributed by atoms with van der Waals surface area (Å²) in [6.07, 6.45) is 5.12. The zero-order valence-electron chi connectivity index (χ0n) is 17.9. The zero-order valence-corrected chi connectivity index (χ0v) is 17.9. The fourth-order valence-electron chi connectivity index (χ4n) is 3.14. The van der Waals surface area contributed by atoms with Crippen molar-refractivity contribution in [2.24, 2.45) is 5.92 Å². The number of piperidine rings is 1. The van der Waals surface area contributed by atoms with Crippen molar-refractivity contribution in [3.8, 4) is 0 Å². The van der Waals surface area contributed by atoms with Crippen molar-refractivity contribution in [3.05, 3.63) is 12.2 Å². The smallest absolute Gasteiger partial charge is 0.253 e. The Morgan fingerprint density at radius 1 is 0.833 bits per heavy atom. The van der Waals surface area contributed by atoms with E-state index in [1.807, 2.05) is 4.90 Å². The first-order valence-electron chi connectivity index (χ1n) is 10.7. The maximum Gasteiger partial charge on any atom is 0.253 e. The van der Waals surface area contributed by atoms with Gasteiger partial charge in [-0.05, 0) is 18.8 Å². The third kappa shape index (κ3) is 9.34. The van der Waals surface area contributed by atoms with Gasteiger partial charge in [0.1, 0.15) is 0 Å². The predicted molar refractivity (Wildman–Crippen MR) is 109 cm³/mol. The molecule has 0 radical (unpaired) electrons. The second-order valence-electron chi connectivity index (χ2n) is 7.42. The van der Waals surface area contributed by atoms with Crippen LogP contribution in [-0.4, -0.2) is 100 Å². The van der Waals surface area contributed by atoms with E-state index in [-0.39, 0.29) is 30.9 Å². The second-order valence-corrected chi connectivity index (χ2v) is 7.42. The third-order valence-electron chi connectivity index (χ3n) is 5.07. The largest absolute Gasteiger partial charge is 0.379 e. The average Bonchev–Trinajstić information content (AvgIpc) is 3.06. The van der Waals surface area contributed by atoms with Crippen molar-refractivity contribution in [2.45, 2.75) is 26.2 Å². The molecule has 1 fully saturated rings. The molecule has 2 aliphatic heterocycles. The molecule has 2 heterocycles. The Morgan fingerprint density at radius 3 is 1.83 bits per heavy atom. The summed E-state index contributed by atoms with van der Waals surface area (Å²) in [7, 11) is 0. The summed E-state index contributed by atoms with van der Waals surface area (Å²) in [6, 6.07) is 0. The molecule has 0 aromatic heterocycles. The number of rotatable bonds is 15. The summed E-state index contributed by atoms with van der Waals surface area (Å²) >= 11 is 0. The van der Waals surface area contributed by atoms with Crippen LogP contribution in [0, 0.1) is 5.92 Å². The van der Waals surface area contributed by atoms with Crippen molar-refractivity contribution < 1.29 is 33.3 Å². The highest BCUT2D eigenvalue weighted by Gasteiger charge is 2.22. The summed E-state index contributed by atoms with van der Waals surface area (Å²) < 4.78 is 21.6. The number of carbonyl (C=O) groups is 3. The van der Waals surface area contributed by atoms with Gasteiger partial charge in [0.05, 0.1) is 65.8 Å². The summed E-state index contributed by atoms with van der Waals surface area (Å²) in [5.74, 6) is 0.289. The van der Waals surface area contributed by atoms with E-state index >= 15 is 0 Å². The molecule has 9 heteroatoms. The number of ether oxygens (including phenoxy) is 4. The molecule has 0 aromatic rings. The molecule has 0 atom stereocenters. The molecule has 2 aliphatic rings. The van der Waals surface area contributed by atoms with Crippen LogP contribution in [0.4, 0.5) is 0 Å². The van der Waals surface area contributed by atoms with E-state index in [0.29, 0.717) is 52.7 Å². The lowest BCUT2D eigenvalue weighted by molar-refractivity contribution is -0.138. The Morgan fingerprint density at radius 2 is 1.30 bits per heavy atom. The van der Waals surface area contributed by atoms with Gasteiger partial charge in [-0.3, -0.25) is 19.3 Å². The topological polar surface area (TPSA) is 94.6 Å². The molecule has 0 bridgehead atoms. The van der Waals surface area contributed by atoms with Crippen molar-refractivity contribution in [1.82, 2.24) is 9.80 Å². The van der Waals surface area contributed by atoms with Crippen molar-refractivity contribution in [2.75, 3.05) is 72.5 Å². The highest BCUT2D eigenvalue weighted by atomic mass is 16.6. The summed E-state index contributed by atoms with van der Waals surface area (Å²) in [5, 5.41) is 0. The fraction of sp³-hybridized carbons (Fsp3) is 0.762. The molecular weight excluding hydrogens is 392 g/mol. The van der Waals surface area contributed by atoms with Crippen LogP contribution in [0.3, 0.4) is 0 Å². The van der Waals surface area contributed by atoms with Gasteiger partial charge in [-0.1, -0.05) is 6.92 Å². The summed E-state index contributed by atoms with van der Waals surface area (Å²) in [6.45, 7) is 7.53. The lowest BCUT2D eigenvalue weighted by atomic mass is 9.99. The molecule has 0 aromatic carbocycles. The molecule has 0 spiro atoms. The maximum atomic E-state index is 12.1. The average molecular weight is 427 g/mol. The van der Waals surface area contributed by atoms with Crippen LogP contribution in [0.1, 0.15) is 26.2 Å². The van der Waals surface area contributed by atoms with Crippen LogP contribution in [0.25, 0.3) is 0 Å². The van der Waals surface area contributed by atoms with E-state index in [2.05, 4.69) is 6.92 Å². The SMILES string of the molecule is CC1CCN(C(=O)CCOCCOCCOCCOCCN2C(=O)C=CC2=O)CC1. The minimum atomic E-state index is -0.302. The lowest BCUT2D eigenvalue weighted by Crippen LogP contribution is -2.38. The lowest BCUT2D eigenvalue weighted by Gasteiger charge is -2.30. The molecule has 0 saturated carbocycles. The Hall–Kier alpha value is -1.81. The number of hydrogen-bond donors (Lipinski definition) is 0. The number of carbonyl (C=O) groups excluding carboxylic acids is 3. The predicted octanol–water partition coefficient (Wildman–Crippen LogP) is 0.626. The minimum Gasteiger partial charge on any atom is -0.379 e. The first kappa shape index (κ1) is 24.5. The van der Waals surface area contributed by atoms with E-state index in [0.717, 1.165) is 36.7 Å². The van der Waals surface area contributed by atoms with Gasteiger partial charge < -0.3 is 23.8 Å². The van der Waals surface area contributed by atoms with E-state index < -0.39 is 0 Å². The molecule has 1 saturated heterocycles. The van der Waals surface area contributed by atoms with Crippen molar-refractivity contribution >= 4 is 17.7 Å². The molecule has 170 valence electrons. The summed E-state index contributed by atoms with van der Waals surface area (Å²) in [5.41, 5.74) is 0. The van der Waals surface area contributed by atoms with Gasteiger partial charge in [0.15, 0.2) is 0 Å². The monoisotopic (exact) mass is 426 g/mol. The van der Waals surface area contributed by atoms with E-state index in [4.69, 9.17) is 18.9 Å². The van der Waals surface area contributed by atoms with Crippen molar-refractivity contribution in [3.63, 3.8) is 0 Å². The fourth-order valence-corrected chi connectivity index (χ4v) is 3.14. The highest BCUT2D eigenvalue weighted by molar-refractivity contribution is 6.12. The van der Waals surface area contributed by atoms with Gasteiger partial charge in [0.25, 0.3) is 11.8 Å². The standard InChI is InChI=1S/C21H34N2O7/c1-18-4-7-22(8-5-18)19(24)6-10-27-12-14-29-16-17-30-15-13-28-11-9-23-20(25)2-3-21(23)26/h2-3,18H,4-17H2,1H3. The van der Waals surface area contributed by atoms with Crippen LogP contribution in [0.5, 0.6) is 0 Å². The van der Waals surface area contributed by atoms with Gasteiger partial charge in [0.2, 0.25) is 5.91 Å². The van der Waals surface area contributed by atoms with Crippen LogP contribution >= 0.6 is 0 Å². The maximum absolute atomic E-state index is 12.1. The Kier molecular flexibility index (Phi) is 11.6. The number of nitrogens with zero attached hydrogens (tertiary/aromatic N) is 2. The van der Waals surface area contributed by atoms with Gasteiger partial charge in [0, 0.05) is 25.2 Å². The van der Waals surface area contributed by atoms with Crippen LogP contribution in [-0.2, 0) is 33.3 Å². The Balaban J connectivity index is 1.29. The van der Waals surface area contributed by atoms with Crippen LogP contribution < -0.4 is 0 Å². The molecule has 0 N–H and O–H groups in total. The van der Waals surface area contributed by atoms with Crippen LogP contribution in [0.2, 0.25) is 0 Å². The van der Waals surface area contributed by atoms with Crippen LogP contribution in [0.15, 0.2) is 12.2 Å². The van der Waals surface area contributed by atoms with Gasteiger partial charge in [-0.25, -0.2) is 0 Å². The second kappa shape index (κ2) is 14.2. The number of amides is 3. The molecule has 30 heavy (non-hydrogen) atoms. The molecule has 0 unspecified atom stereocenters. The summed E-state index contributed by atoms with van der Waals surface area (Å²) in [4.78, 5) is 37.8. The molecular formula is C21H34N2O7. The highest BCUT2D eigenvalue weighted by Crippen LogP contribution is 2.16. The van der Waals surface area contributed by atoms with Crippen molar-refractivity contribution in [1.29, 1.82) is 0 Å². The van der Waals surface area contributed by atoms with E-state index in [1.165, 1.54) is 12.2 Å². The minimum absolute atomic E-state index is 0.175. The number of hydrogen-bond acceptors (Lipinski definition) is 7. The quantitative estimate of drug-likeness (QED) is 0.280. The first-order valence-corrected chi connectivity index (χ1v) is 10.7. The van der Waals surface area contributed by atoms with E-state index in [9.17, 15) is 14.4 Å². The molecule has 0 aliphatic carbocycles. The molecule has 3 amide bonds. The number of likely N-dealkylation sites (tertiary alicyclic amines) is 1. The molecule has 9 nitrogen and oxygen atoms in total. The molecule has 2 rings (SSSR count).